The molecule has 9 rings (SSSR count). The van der Waals surface area contributed by atoms with E-state index in [0.717, 1.165) is 93.4 Å². The summed E-state index contributed by atoms with van der Waals surface area (Å²) in [6, 6.07) is 9.26. The molecule has 2 amide bonds. The highest BCUT2D eigenvalue weighted by molar-refractivity contribution is 6.01. The van der Waals surface area contributed by atoms with Crippen molar-refractivity contribution in [1.29, 1.82) is 0 Å². The number of rotatable bonds is 10. The zero-order valence-corrected chi connectivity index (χ0v) is 28.8. The molecule has 1 saturated carbocycles. The Labute approximate surface area is 296 Å². The van der Waals surface area contributed by atoms with E-state index in [1.165, 1.54) is 18.5 Å². The molecule has 264 valence electrons. The number of hydrogen-bond donors (Lipinski definition) is 2. The minimum absolute atomic E-state index is 0.172. The standard InChI is InChI=1S/C37H44N12O2/c50-34-8-7-32(37(51)43-34)26-1-3-29(4-2-26)46-19-17-45(18-20-46)16-15-44-12-9-31(10-13-44)49-25-28(22-41-49)42-35-36-38-11-14-47(36)33(23-39-35)27-21-40-48(24-27)30-5-6-30/h1-4,11,14,21-25,30-32H,5-10,12-13,15-20H2,(H,39,42)(H,43,50,51). The van der Waals surface area contributed by atoms with Gasteiger partial charge in [-0.1, -0.05) is 12.1 Å². The molecule has 2 N–H and O–H groups in total. The van der Waals surface area contributed by atoms with Crippen molar-refractivity contribution in [1.82, 2.24) is 49.0 Å². The van der Waals surface area contributed by atoms with Crippen molar-refractivity contribution in [3.05, 3.63) is 73.2 Å². The third-order valence-electron chi connectivity index (χ3n) is 11.0. The van der Waals surface area contributed by atoms with Gasteiger partial charge in [0.1, 0.15) is 0 Å². The number of aromatic nitrogens is 7. The van der Waals surface area contributed by atoms with Crippen LogP contribution in [-0.2, 0) is 9.59 Å². The molecule has 0 spiro atoms. The van der Waals surface area contributed by atoms with E-state index in [2.05, 4.69) is 73.7 Å². The van der Waals surface area contributed by atoms with Gasteiger partial charge in [0.05, 0.1) is 48.0 Å². The van der Waals surface area contributed by atoms with E-state index in [9.17, 15) is 9.59 Å². The molecular formula is C37H44N12O2. The fourth-order valence-electron chi connectivity index (χ4n) is 7.82. The molecule has 4 aromatic heterocycles. The maximum Gasteiger partial charge on any atom is 0.234 e. The van der Waals surface area contributed by atoms with Crippen LogP contribution in [0.5, 0.6) is 0 Å². The third-order valence-corrected chi connectivity index (χ3v) is 11.0. The van der Waals surface area contributed by atoms with Crippen molar-refractivity contribution >= 4 is 34.7 Å². The Morgan fingerprint density at radius 3 is 2.25 bits per heavy atom. The van der Waals surface area contributed by atoms with Gasteiger partial charge in [0.15, 0.2) is 11.5 Å². The van der Waals surface area contributed by atoms with Gasteiger partial charge in [0, 0.05) is 94.8 Å². The first-order valence-corrected chi connectivity index (χ1v) is 18.4. The van der Waals surface area contributed by atoms with Crippen molar-refractivity contribution in [2.24, 2.45) is 0 Å². The summed E-state index contributed by atoms with van der Waals surface area (Å²) >= 11 is 0. The Morgan fingerprint density at radius 2 is 1.49 bits per heavy atom. The molecule has 1 aromatic carbocycles. The highest BCUT2D eigenvalue weighted by Gasteiger charge is 2.29. The van der Waals surface area contributed by atoms with Crippen LogP contribution in [0.1, 0.15) is 62.1 Å². The molecule has 3 aliphatic heterocycles. The van der Waals surface area contributed by atoms with Crippen molar-refractivity contribution < 1.29 is 9.59 Å². The van der Waals surface area contributed by atoms with Crippen LogP contribution < -0.4 is 15.5 Å². The zero-order chi connectivity index (χ0) is 34.3. The molecule has 4 aliphatic rings. The number of likely N-dealkylation sites (tertiary alicyclic amines) is 1. The van der Waals surface area contributed by atoms with Crippen molar-refractivity contribution in [2.75, 3.05) is 62.6 Å². The number of hydrogen-bond acceptors (Lipinski definition) is 10. The Morgan fingerprint density at radius 1 is 0.765 bits per heavy atom. The lowest BCUT2D eigenvalue weighted by Crippen LogP contribution is -2.49. The molecule has 3 saturated heterocycles. The molecular weight excluding hydrogens is 644 g/mol. The molecule has 5 aromatic rings. The van der Waals surface area contributed by atoms with Crippen LogP contribution in [0.25, 0.3) is 16.9 Å². The van der Waals surface area contributed by atoms with Crippen LogP contribution in [0.3, 0.4) is 0 Å². The zero-order valence-electron chi connectivity index (χ0n) is 28.8. The number of amides is 2. The highest BCUT2D eigenvalue weighted by atomic mass is 16.2. The first kappa shape index (κ1) is 31.9. The van der Waals surface area contributed by atoms with E-state index in [4.69, 9.17) is 10.1 Å². The summed E-state index contributed by atoms with van der Waals surface area (Å²) in [5.74, 6) is 0.120. The molecule has 14 heteroatoms. The second-order valence-corrected chi connectivity index (χ2v) is 14.4. The molecule has 1 unspecified atom stereocenters. The predicted octanol–water partition coefficient (Wildman–Crippen LogP) is 3.85. The number of imide groups is 1. The van der Waals surface area contributed by atoms with Gasteiger partial charge in [0.25, 0.3) is 0 Å². The van der Waals surface area contributed by atoms with Gasteiger partial charge in [-0.15, -0.1) is 0 Å². The van der Waals surface area contributed by atoms with Gasteiger partial charge in [-0.3, -0.25) is 33.6 Å². The monoisotopic (exact) mass is 688 g/mol. The summed E-state index contributed by atoms with van der Waals surface area (Å²) in [6.45, 7) is 8.39. The number of anilines is 3. The predicted molar refractivity (Wildman–Crippen MR) is 193 cm³/mol. The van der Waals surface area contributed by atoms with Gasteiger partial charge < -0.3 is 15.1 Å². The average molecular weight is 689 g/mol. The lowest BCUT2D eigenvalue weighted by atomic mass is 9.90. The van der Waals surface area contributed by atoms with E-state index in [1.807, 2.05) is 43.1 Å². The first-order chi connectivity index (χ1) is 25.0. The molecule has 14 nitrogen and oxygen atoms in total. The lowest BCUT2D eigenvalue weighted by molar-refractivity contribution is -0.134. The Bertz CT molecular complexity index is 2010. The smallest absolute Gasteiger partial charge is 0.234 e. The van der Waals surface area contributed by atoms with E-state index < -0.39 is 0 Å². The molecule has 0 radical (unpaired) electrons. The SMILES string of the molecule is O=C1CCC(c2ccc(N3CCN(CCN4CCC(n5cc(Nc6ncc(-c7cnn(C8CC8)c7)n7ccnc67)cn5)CC4)CC3)cc2)C(=O)N1. The van der Waals surface area contributed by atoms with E-state index in [-0.39, 0.29) is 17.7 Å². The van der Waals surface area contributed by atoms with Crippen LogP contribution in [-0.4, -0.2) is 108 Å². The molecule has 7 heterocycles. The van der Waals surface area contributed by atoms with Gasteiger partial charge in [-0.05, 0) is 49.8 Å². The largest absolute Gasteiger partial charge is 0.369 e. The fourth-order valence-corrected chi connectivity index (χ4v) is 7.82. The number of imidazole rings is 1. The Balaban J connectivity index is 0.730. The summed E-state index contributed by atoms with van der Waals surface area (Å²) in [5.41, 5.74) is 5.88. The van der Waals surface area contributed by atoms with Gasteiger partial charge >= 0.3 is 0 Å². The summed E-state index contributed by atoms with van der Waals surface area (Å²) in [6.07, 6.45) is 19.2. The highest BCUT2D eigenvalue weighted by Crippen LogP contribution is 2.35. The van der Waals surface area contributed by atoms with Crippen LogP contribution in [0.4, 0.5) is 17.2 Å². The van der Waals surface area contributed by atoms with Gasteiger partial charge in [-0.25, -0.2) is 9.97 Å². The molecule has 4 fully saturated rings. The number of nitrogens with one attached hydrogen (secondary N) is 2. The second kappa shape index (κ2) is 13.6. The number of fused-ring (bicyclic) bond motifs is 1. The van der Waals surface area contributed by atoms with E-state index in [0.29, 0.717) is 30.7 Å². The number of benzene rings is 1. The van der Waals surface area contributed by atoms with E-state index >= 15 is 0 Å². The topological polar surface area (TPSA) is 134 Å². The third kappa shape index (κ3) is 6.73. The minimum Gasteiger partial charge on any atom is -0.369 e. The minimum atomic E-state index is -0.234. The molecule has 1 atom stereocenters. The van der Waals surface area contributed by atoms with Crippen molar-refractivity contribution in [3.63, 3.8) is 0 Å². The van der Waals surface area contributed by atoms with Crippen LogP contribution in [0, 0.1) is 0 Å². The number of piperazine rings is 1. The normalized spacial score (nSPS) is 21.0. The number of carbonyl (C=O) groups is 2. The quantitative estimate of drug-likeness (QED) is 0.209. The van der Waals surface area contributed by atoms with Gasteiger partial charge in [-0.2, -0.15) is 10.2 Å². The summed E-state index contributed by atoms with van der Waals surface area (Å²) < 4.78 is 6.23. The number of carbonyl (C=O) groups excluding carboxylic acids is 2. The van der Waals surface area contributed by atoms with Crippen LogP contribution in [0.2, 0.25) is 0 Å². The number of nitrogens with zero attached hydrogens (tertiary/aromatic N) is 10. The average Bonchev–Trinajstić information content (AvgIpc) is 3.49. The second-order valence-electron chi connectivity index (χ2n) is 14.4. The molecule has 51 heavy (non-hydrogen) atoms. The summed E-state index contributed by atoms with van der Waals surface area (Å²) in [7, 11) is 0. The Kier molecular flexibility index (Phi) is 8.48. The van der Waals surface area contributed by atoms with Gasteiger partial charge in [0.2, 0.25) is 11.8 Å². The molecule has 1 aliphatic carbocycles. The van der Waals surface area contributed by atoms with E-state index in [1.54, 1.807) is 0 Å². The summed E-state index contributed by atoms with van der Waals surface area (Å²) in [5, 5.41) is 15.2. The Hall–Kier alpha value is -5.08. The van der Waals surface area contributed by atoms with Crippen LogP contribution >= 0.6 is 0 Å². The fraction of sp³-hybridized carbons (Fsp3) is 0.459. The van der Waals surface area contributed by atoms with Crippen LogP contribution in [0.15, 0.2) is 67.6 Å². The maximum atomic E-state index is 12.3. The summed E-state index contributed by atoms with van der Waals surface area (Å²) in [4.78, 5) is 40.7. The van der Waals surface area contributed by atoms with Crippen molar-refractivity contribution in [2.45, 2.75) is 56.5 Å². The number of piperidine rings is 2. The first-order valence-electron chi connectivity index (χ1n) is 18.4. The lowest BCUT2D eigenvalue weighted by Gasteiger charge is -2.38. The van der Waals surface area contributed by atoms with Crippen molar-refractivity contribution in [3.8, 4) is 11.3 Å². The maximum absolute atomic E-state index is 12.3. The molecule has 0 bridgehead atoms.